The Kier molecular flexibility index (Phi) is 4.43. The van der Waals surface area contributed by atoms with Crippen LogP contribution in [0.4, 0.5) is 5.82 Å². The van der Waals surface area contributed by atoms with Crippen molar-refractivity contribution in [3.8, 4) is 0 Å². The lowest BCUT2D eigenvalue weighted by Gasteiger charge is -2.11. The lowest BCUT2D eigenvalue weighted by molar-refractivity contribution is 0.0586. The van der Waals surface area contributed by atoms with Crippen LogP contribution in [0.1, 0.15) is 39.1 Å². The van der Waals surface area contributed by atoms with Gasteiger partial charge in [0.25, 0.3) is 0 Å². The molecule has 2 aromatic rings. The van der Waals surface area contributed by atoms with Crippen molar-refractivity contribution in [1.82, 2.24) is 15.0 Å². The number of carbonyl (C=O) groups excluding carboxylic acids is 1. The third-order valence-corrected chi connectivity index (χ3v) is 3.53. The van der Waals surface area contributed by atoms with E-state index in [9.17, 15) is 9.59 Å². The van der Waals surface area contributed by atoms with Gasteiger partial charge in [-0.05, 0) is 13.0 Å². The van der Waals surface area contributed by atoms with Gasteiger partial charge < -0.3 is 15.2 Å². The molecule has 0 saturated heterocycles. The molecule has 21 heavy (non-hydrogen) atoms. The van der Waals surface area contributed by atoms with Crippen molar-refractivity contribution in [2.75, 3.05) is 12.4 Å². The van der Waals surface area contributed by atoms with Gasteiger partial charge in [0.2, 0.25) is 5.82 Å². The molecule has 110 valence electrons. The Morgan fingerprint density at radius 2 is 2.19 bits per heavy atom. The van der Waals surface area contributed by atoms with Crippen molar-refractivity contribution in [3.63, 3.8) is 0 Å². The van der Waals surface area contributed by atoms with Crippen LogP contribution in [-0.2, 0) is 4.74 Å². The van der Waals surface area contributed by atoms with Gasteiger partial charge >= 0.3 is 11.9 Å². The van der Waals surface area contributed by atoms with E-state index in [-0.39, 0.29) is 17.6 Å². The highest BCUT2D eigenvalue weighted by Gasteiger charge is 2.15. The second-order valence-corrected chi connectivity index (χ2v) is 4.89. The minimum absolute atomic E-state index is 0.00147. The molecule has 1 unspecified atom stereocenters. The van der Waals surface area contributed by atoms with Gasteiger partial charge in [0.1, 0.15) is 10.8 Å². The van der Waals surface area contributed by atoms with Crippen LogP contribution in [0.3, 0.4) is 0 Å². The van der Waals surface area contributed by atoms with Crippen LogP contribution in [0.5, 0.6) is 0 Å². The molecule has 2 aromatic heterocycles. The quantitative estimate of drug-likeness (QED) is 0.800. The number of esters is 1. The predicted molar refractivity (Wildman–Crippen MR) is 74.5 cm³/mol. The zero-order chi connectivity index (χ0) is 15.4. The predicted octanol–water partition coefficient (Wildman–Crippen LogP) is 1.59. The fourth-order valence-corrected chi connectivity index (χ4v) is 2.30. The maximum atomic E-state index is 11.3. The molecule has 9 heteroatoms. The standard InChI is InChI=1S/C12H12N4O4S/c1-6(10-15-7(5-21-10)11(17)18)14-8-3-4-13-9(16-8)12(19)20-2/h3-6H,1-2H3,(H,17,18)(H,13,14,16). The SMILES string of the molecule is COC(=O)c1nccc(NC(C)c2nc(C(=O)O)cs2)n1. The van der Waals surface area contributed by atoms with Crippen LogP contribution in [0.25, 0.3) is 0 Å². The third kappa shape index (κ3) is 3.51. The highest BCUT2D eigenvalue weighted by atomic mass is 32.1. The van der Waals surface area contributed by atoms with Crippen LogP contribution in [0.2, 0.25) is 0 Å². The molecule has 0 aliphatic carbocycles. The van der Waals surface area contributed by atoms with Crippen LogP contribution in [-0.4, -0.2) is 39.1 Å². The number of hydrogen-bond acceptors (Lipinski definition) is 8. The molecule has 2 rings (SSSR count). The summed E-state index contributed by atoms with van der Waals surface area (Å²) in [7, 11) is 1.25. The second kappa shape index (κ2) is 6.27. The highest BCUT2D eigenvalue weighted by molar-refractivity contribution is 7.09. The van der Waals surface area contributed by atoms with E-state index in [1.54, 1.807) is 6.07 Å². The number of carboxylic acid groups (broad SMARTS) is 1. The summed E-state index contributed by atoms with van der Waals surface area (Å²) in [6.07, 6.45) is 1.43. The van der Waals surface area contributed by atoms with Crippen molar-refractivity contribution >= 4 is 29.1 Å². The monoisotopic (exact) mass is 308 g/mol. The molecule has 8 nitrogen and oxygen atoms in total. The number of ether oxygens (including phenoxy) is 1. The number of nitrogens with one attached hydrogen (secondary N) is 1. The minimum Gasteiger partial charge on any atom is -0.476 e. The van der Waals surface area contributed by atoms with Crippen LogP contribution in [0, 0.1) is 0 Å². The van der Waals surface area contributed by atoms with Crippen molar-refractivity contribution < 1.29 is 19.4 Å². The first-order valence-electron chi connectivity index (χ1n) is 5.88. The average Bonchev–Trinajstić information content (AvgIpc) is 2.97. The number of carboxylic acids is 1. The number of methoxy groups -OCH3 is 1. The number of anilines is 1. The number of carbonyl (C=O) groups is 2. The zero-order valence-electron chi connectivity index (χ0n) is 11.2. The third-order valence-electron chi connectivity index (χ3n) is 2.50. The molecule has 0 spiro atoms. The summed E-state index contributed by atoms with van der Waals surface area (Å²) in [4.78, 5) is 34.0. The Bertz CT molecular complexity index is 673. The molecule has 2 heterocycles. The fourth-order valence-electron chi connectivity index (χ4n) is 1.50. The molecule has 2 N–H and O–H groups in total. The number of hydrogen-bond donors (Lipinski definition) is 2. The average molecular weight is 308 g/mol. The van der Waals surface area contributed by atoms with Crippen molar-refractivity contribution in [1.29, 1.82) is 0 Å². The van der Waals surface area contributed by atoms with Gasteiger partial charge in [-0.25, -0.2) is 24.5 Å². The Morgan fingerprint density at radius 1 is 1.43 bits per heavy atom. The Hall–Kier alpha value is -2.55. The van der Waals surface area contributed by atoms with E-state index in [1.807, 2.05) is 6.92 Å². The lowest BCUT2D eigenvalue weighted by atomic mass is 10.3. The Balaban J connectivity index is 2.13. The molecule has 0 aromatic carbocycles. The summed E-state index contributed by atoms with van der Waals surface area (Å²) < 4.78 is 4.54. The first-order chi connectivity index (χ1) is 10.0. The van der Waals surface area contributed by atoms with Crippen molar-refractivity contribution in [2.24, 2.45) is 0 Å². The fraction of sp³-hybridized carbons (Fsp3) is 0.250. The molecular formula is C12H12N4O4S. The highest BCUT2D eigenvalue weighted by Crippen LogP contribution is 2.21. The number of aromatic carboxylic acids is 1. The Labute approximate surface area is 123 Å². The molecule has 0 aliphatic heterocycles. The van der Waals surface area contributed by atoms with Crippen LogP contribution >= 0.6 is 11.3 Å². The summed E-state index contributed by atoms with van der Waals surface area (Å²) in [5.74, 6) is -1.33. The van der Waals surface area contributed by atoms with E-state index in [2.05, 4.69) is 25.0 Å². The zero-order valence-corrected chi connectivity index (χ0v) is 12.0. The van der Waals surface area contributed by atoms with E-state index in [1.165, 1.54) is 30.0 Å². The minimum atomic E-state index is -1.07. The maximum absolute atomic E-state index is 11.3. The van der Waals surface area contributed by atoms with E-state index >= 15 is 0 Å². The summed E-state index contributed by atoms with van der Waals surface area (Å²) in [6, 6.07) is 1.33. The van der Waals surface area contributed by atoms with Gasteiger partial charge in [-0.15, -0.1) is 11.3 Å². The van der Waals surface area contributed by atoms with E-state index in [4.69, 9.17) is 5.11 Å². The lowest BCUT2D eigenvalue weighted by Crippen LogP contribution is -2.12. The molecule has 0 aliphatic rings. The van der Waals surface area contributed by atoms with Gasteiger partial charge in [0, 0.05) is 11.6 Å². The number of rotatable bonds is 5. The molecule has 0 fully saturated rings. The largest absolute Gasteiger partial charge is 0.476 e. The molecular weight excluding hydrogens is 296 g/mol. The van der Waals surface area contributed by atoms with E-state index < -0.39 is 11.9 Å². The maximum Gasteiger partial charge on any atom is 0.376 e. The summed E-state index contributed by atoms with van der Waals surface area (Å²) >= 11 is 1.23. The van der Waals surface area contributed by atoms with E-state index in [0.29, 0.717) is 10.8 Å². The smallest absolute Gasteiger partial charge is 0.376 e. The summed E-state index contributed by atoms with van der Waals surface area (Å²) in [5.41, 5.74) is 0.00147. The topological polar surface area (TPSA) is 114 Å². The second-order valence-electron chi connectivity index (χ2n) is 4.00. The molecule has 1 atom stereocenters. The molecule has 0 amide bonds. The van der Waals surface area contributed by atoms with Crippen LogP contribution in [0.15, 0.2) is 17.6 Å². The van der Waals surface area contributed by atoms with Crippen LogP contribution < -0.4 is 5.32 Å². The normalized spacial score (nSPS) is 11.7. The number of thiazole rings is 1. The molecule has 0 bridgehead atoms. The first-order valence-corrected chi connectivity index (χ1v) is 6.76. The van der Waals surface area contributed by atoms with Gasteiger partial charge in [0.05, 0.1) is 13.2 Å². The van der Waals surface area contributed by atoms with Gasteiger partial charge in [-0.3, -0.25) is 0 Å². The van der Waals surface area contributed by atoms with E-state index in [0.717, 1.165) is 0 Å². The van der Waals surface area contributed by atoms with Crippen molar-refractivity contribution in [3.05, 3.63) is 34.2 Å². The van der Waals surface area contributed by atoms with Gasteiger partial charge in [-0.2, -0.15) is 0 Å². The number of nitrogens with zero attached hydrogens (tertiary/aromatic N) is 3. The molecule has 0 radical (unpaired) electrons. The number of aromatic nitrogens is 3. The van der Waals surface area contributed by atoms with Gasteiger partial charge in [-0.1, -0.05) is 0 Å². The van der Waals surface area contributed by atoms with Crippen molar-refractivity contribution in [2.45, 2.75) is 13.0 Å². The van der Waals surface area contributed by atoms with Gasteiger partial charge in [0.15, 0.2) is 5.69 Å². The summed E-state index contributed by atoms with van der Waals surface area (Å²) in [6.45, 7) is 1.81. The molecule has 0 saturated carbocycles. The Morgan fingerprint density at radius 3 is 2.81 bits per heavy atom. The summed E-state index contributed by atoms with van der Waals surface area (Å²) in [5, 5.41) is 13.9. The first kappa shape index (κ1) is 14.9.